The van der Waals surface area contributed by atoms with Crippen LogP contribution in [-0.2, 0) is 0 Å². The molecule has 2 aliphatic rings. The Kier molecular flexibility index (Phi) is 6.81. The predicted octanol–water partition coefficient (Wildman–Crippen LogP) is 6.58. The molecule has 0 unspecified atom stereocenters. The van der Waals surface area contributed by atoms with Crippen molar-refractivity contribution in [3.8, 4) is 11.8 Å². The SMILES string of the molecule is CCC1CCC(C2CCC(c3cc(F)c(F)c(C#CC(C)(C)O)c3)CC2)CC1. The Balaban J connectivity index is 1.65. The molecule has 154 valence electrons. The smallest absolute Gasteiger partial charge is 0.174 e. The minimum Gasteiger partial charge on any atom is -0.378 e. The van der Waals surface area contributed by atoms with Crippen LogP contribution in [0.25, 0.3) is 0 Å². The Morgan fingerprint density at radius 1 is 0.964 bits per heavy atom. The monoisotopic (exact) mass is 388 g/mol. The van der Waals surface area contributed by atoms with Gasteiger partial charge in [-0.1, -0.05) is 38.0 Å². The first kappa shape index (κ1) is 21.3. The van der Waals surface area contributed by atoms with Crippen molar-refractivity contribution in [1.82, 2.24) is 0 Å². The third kappa shape index (κ3) is 5.35. The number of aliphatic hydroxyl groups is 1. The zero-order chi connectivity index (χ0) is 20.3. The van der Waals surface area contributed by atoms with Gasteiger partial charge in [0.1, 0.15) is 5.60 Å². The van der Waals surface area contributed by atoms with Crippen LogP contribution in [0.15, 0.2) is 12.1 Å². The molecule has 3 heteroatoms. The van der Waals surface area contributed by atoms with Gasteiger partial charge in [-0.25, -0.2) is 8.78 Å². The van der Waals surface area contributed by atoms with Crippen molar-refractivity contribution in [2.24, 2.45) is 17.8 Å². The van der Waals surface area contributed by atoms with E-state index in [2.05, 4.69) is 18.8 Å². The van der Waals surface area contributed by atoms with Crippen LogP contribution in [-0.4, -0.2) is 10.7 Å². The maximum absolute atomic E-state index is 14.1. The molecule has 0 heterocycles. The third-order valence-electron chi connectivity index (χ3n) is 6.93. The third-order valence-corrected chi connectivity index (χ3v) is 6.93. The quantitative estimate of drug-likeness (QED) is 0.580. The van der Waals surface area contributed by atoms with Gasteiger partial charge in [0.15, 0.2) is 11.6 Å². The zero-order valence-corrected chi connectivity index (χ0v) is 17.5. The Labute approximate surface area is 168 Å². The lowest BCUT2D eigenvalue weighted by atomic mass is 9.68. The molecule has 1 aromatic rings. The van der Waals surface area contributed by atoms with Crippen molar-refractivity contribution in [2.75, 3.05) is 0 Å². The number of benzene rings is 1. The molecule has 0 bridgehead atoms. The number of hydrogen-bond acceptors (Lipinski definition) is 1. The van der Waals surface area contributed by atoms with E-state index in [0.29, 0.717) is 0 Å². The van der Waals surface area contributed by atoms with E-state index in [9.17, 15) is 13.9 Å². The van der Waals surface area contributed by atoms with Gasteiger partial charge < -0.3 is 5.11 Å². The standard InChI is InChI=1S/C25H34F2O/c1-4-17-5-7-18(8-6-17)19-9-11-20(12-10-19)22-15-21(13-14-25(2,3)28)24(27)23(26)16-22/h15-20,28H,4-12H2,1-3H3. The normalized spacial score (nSPS) is 28.5. The molecule has 0 aromatic heterocycles. The van der Waals surface area contributed by atoms with Gasteiger partial charge in [0.25, 0.3) is 0 Å². The zero-order valence-electron chi connectivity index (χ0n) is 17.5. The van der Waals surface area contributed by atoms with Gasteiger partial charge in [-0.3, -0.25) is 0 Å². The van der Waals surface area contributed by atoms with Crippen molar-refractivity contribution in [3.05, 3.63) is 34.9 Å². The van der Waals surface area contributed by atoms with Gasteiger partial charge in [0.05, 0.1) is 5.56 Å². The second-order valence-corrected chi connectivity index (χ2v) is 9.47. The number of hydrogen-bond donors (Lipinski definition) is 1. The summed E-state index contributed by atoms with van der Waals surface area (Å²) in [6.07, 6.45) is 11.3. The van der Waals surface area contributed by atoms with Gasteiger partial charge in [-0.2, -0.15) is 0 Å². The second-order valence-electron chi connectivity index (χ2n) is 9.47. The molecule has 2 aliphatic carbocycles. The summed E-state index contributed by atoms with van der Waals surface area (Å²) in [5.41, 5.74) is -0.322. The van der Waals surface area contributed by atoms with E-state index in [1.807, 2.05) is 0 Å². The van der Waals surface area contributed by atoms with E-state index in [1.165, 1.54) is 64.9 Å². The van der Waals surface area contributed by atoms with Crippen LogP contribution in [0.1, 0.15) is 95.6 Å². The van der Waals surface area contributed by atoms with Gasteiger partial charge >= 0.3 is 0 Å². The molecule has 0 amide bonds. The summed E-state index contributed by atoms with van der Waals surface area (Å²) in [5, 5.41) is 9.75. The number of rotatable bonds is 3. The van der Waals surface area contributed by atoms with Crippen molar-refractivity contribution in [3.63, 3.8) is 0 Å². The Hall–Kier alpha value is -1.40. The van der Waals surface area contributed by atoms with Crippen molar-refractivity contribution >= 4 is 0 Å². The van der Waals surface area contributed by atoms with Gasteiger partial charge in [-0.05, 0) is 93.7 Å². The first-order valence-electron chi connectivity index (χ1n) is 11.0. The Bertz CT molecular complexity index is 721. The lowest BCUT2D eigenvalue weighted by Gasteiger charge is -2.38. The first-order chi connectivity index (χ1) is 13.3. The fourth-order valence-corrected chi connectivity index (χ4v) is 5.15. The minimum atomic E-state index is -1.23. The molecule has 0 radical (unpaired) electrons. The molecule has 1 nitrogen and oxygen atoms in total. The van der Waals surface area contributed by atoms with Gasteiger partial charge in [0.2, 0.25) is 0 Å². The molecule has 3 rings (SSSR count). The van der Waals surface area contributed by atoms with E-state index in [0.717, 1.165) is 36.2 Å². The molecule has 0 atom stereocenters. The molecule has 1 aromatic carbocycles. The average molecular weight is 389 g/mol. The molecule has 2 saturated carbocycles. The highest BCUT2D eigenvalue weighted by molar-refractivity contribution is 5.41. The average Bonchev–Trinajstić information content (AvgIpc) is 2.68. The molecular weight excluding hydrogens is 354 g/mol. The van der Waals surface area contributed by atoms with Gasteiger partial charge in [-0.15, -0.1) is 0 Å². The number of halogens is 2. The summed E-state index contributed by atoms with van der Waals surface area (Å²) in [5.74, 6) is 6.34. The molecule has 28 heavy (non-hydrogen) atoms. The largest absolute Gasteiger partial charge is 0.378 e. The Morgan fingerprint density at radius 2 is 1.54 bits per heavy atom. The second kappa shape index (κ2) is 8.95. The fraction of sp³-hybridized carbons (Fsp3) is 0.680. The summed E-state index contributed by atoms with van der Waals surface area (Å²) >= 11 is 0. The maximum atomic E-state index is 14.1. The summed E-state index contributed by atoms with van der Waals surface area (Å²) in [4.78, 5) is 0. The van der Waals surface area contributed by atoms with Crippen LogP contribution in [0, 0.1) is 41.2 Å². The van der Waals surface area contributed by atoms with Crippen LogP contribution in [0.4, 0.5) is 8.78 Å². The van der Waals surface area contributed by atoms with E-state index >= 15 is 0 Å². The maximum Gasteiger partial charge on any atom is 0.174 e. The van der Waals surface area contributed by atoms with E-state index in [-0.39, 0.29) is 11.5 Å². The fourth-order valence-electron chi connectivity index (χ4n) is 5.15. The first-order valence-corrected chi connectivity index (χ1v) is 11.0. The van der Waals surface area contributed by atoms with Crippen LogP contribution in [0.2, 0.25) is 0 Å². The van der Waals surface area contributed by atoms with Crippen LogP contribution >= 0.6 is 0 Å². The lowest BCUT2D eigenvalue weighted by molar-refractivity contribution is 0.143. The summed E-state index contributed by atoms with van der Waals surface area (Å²) in [6.45, 7) is 5.37. The van der Waals surface area contributed by atoms with Crippen molar-refractivity contribution in [2.45, 2.75) is 90.1 Å². The van der Waals surface area contributed by atoms with E-state index < -0.39 is 17.2 Å². The lowest BCUT2D eigenvalue weighted by Crippen LogP contribution is -2.25. The molecule has 0 saturated heterocycles. The van der Waals surface area contributed by atoms with E-state index in [1.54, 1.807) is 6.07 Å². The molecule has 1 N–H and O–H groups in total. The van der Waals surface area contributed by atoms with Crippen molar-refractivity contribution in [1.29, 1.82) is 0 Å². The van der Waals surface area contributed by atoms with E-state index in [4.69, 9.17) is 0 Å². The van der Waals surface area contributed by atoms with Crippen LogP contribution in [0.3, 0.4) is 0 Å². The summed E-state index contributed by atoms with van der Waals surface area (Å²) in [7, 11) is 0. The molecule has 2 fully saturated rings. The predicted molar refractivity (Wildman–Crippen MR) is 110 cm³/mol. The molecule has 0 spiro atoms. The highest BCUT2D eigenvalue weighted by Gasteiger charge is 2.31. The van der Waals surface area contributed by atoms with Gasteiger partial charge in [0, 0.05) is 0 Å². The summed E-state index contributed by atoms with van der Waals surface area (Å²) in [6, 6.07) is 3.04. The highest BCUT2D eigenvalue weighted by atomic mass is 19.2. The minimum absolute atomic E-state index is 0.0529. The van der Waals surface area contributed by atoms with Crippen LogP contribution < -0.4 is 0 Å². The highest BCUT2D eigenvalue weighted by Crippen LogP contribution is 2.44. The molecular formula is C25H34F2O. The Morgan fingerprint density at radius 3 is 2.07 bits per heavy atom. The summed E-state index contributed by atoms with van der Waals surface area (Å²) < 4.78 is 28.3. The topological polar surface area (TPSA) is 20.2 Å². The van der Waals surface area contributed by atoms with Crippen LogP contribution in [0.5, 0.6) is 0 Å². The molecule has 0 aliphatic heterocycles. The van der Waals surface area contributed by atoms with Crippen molar-refractivity contribution < 1.29 is 13.9 Å².